The summed E-state index contributed by atoms with van der Waals surface area (Å²) >= 11 is 0. The number of quaternary nitrogens is 2. The number of carboxylic acids is 4. The number of carbonyl (C=O) groups excluding carboxylic acids is 2. The summed E-state index contributed by atoms with van der Waals surface area (Å²) < 4.78 is 0. The Morgan fingerprint density at radius 3 is 1.00 bits per heavy atom. The van der Waals surface area contributed by atoms with Gasteiger partial charge in [0, 0.05) is 24.8 Å². The van der Waals surface area contributed by atoms with Gasteiger partial charge in [0.1, 0.15) is 0 Å². The molecule has 22 heavy (non-hydrogen) atoms. The Balaban J connectivity index is -0.000000135. The zero-order valence-corrected chi connectivity index (χ0v) is 13.0. The van der Waals surface area contributed by atoms with Crippen molar-refractivity contribution in [1.29, 1.82) is 0 Å². The van der Waals surface area contributed by atoms with Crippen molar-refractivity contribution < 1.29 is 39.6 Å². The van der Waals surface area contributed by atoms with Crippen molar-refractivity contribution in [3.05, 3.63) is 0 Å². The fraction of sp³-hybridized carbons (Fsp3) is 0.667. The van der Waals surface area contributed by atoms with E-state index in [-0.39, 0.29) is 38.0 Å². The molecule has 0 saturated heterocycles. The maximum atomic E-state index is 9.90. The molecule has 0 aliphatic rings. The Kier molecular flexibility index (Phi) is 24.0. The van der Waals surface area contributed by atoms with Gasteiger partial charge in [0.05, 0.1) is 0 Å². The van der Waals surface area contributed by atoms with Crippen LogP contribution in [0, 0.1) is 0 Å². The fourth-order valence-electron chi connectivity index (χ4n) is 1.09. The zero-order valence-electron chi connectivity index (χ0n) is 13.0. The minimum Gasteiger partial charge on any atom is -0.550 e. The molecule has 0 spiro atoms. The summed E-state index contributed by atoms with van der Waals surface area (Å²) in [4.78, 5) is 39.3. The van der Waals surface area contributed by atoms with Crippen LogP contribution in [-0.2, 0) is 19.2 Å². The van der Waals surface area contributed by atoms with Gasteiger partial charge in [-0.3, -0.25) is 9.59 Å². The Morgan fingerprint density at radius 2 is 0.818 bits per heavy atom. The molecule has 0 unspecified atom stereocenters. The third kappa shape index (κ3) is 36.1. The van der Waals surface area contributed by atoms with Crippen molar-refractivity contribution in [1.82, 2.24) is 12.3 Å². The molecule has 0 aromatic rings. The molecule has 0 atom stereocenters. The van der Waals surface area contributed by atoms with Gasteiger partial charge in [-0.15, -0.1) is 0 Å². The van der Waals surface area contributed by atoms with Gasteiger partial charge in [-0.2, -0.15) is 0 Å². The first-order valence-electron chi connectivity index (χ1n) is 6.09. The van der Waals surface area contributed by atoms with Crippen molar-refractivity contribution >= 4 is 23.9 Å². The Labute approximate surface area is 128 Å². The number of unbranched alkanes of at least 4 members (excludes halogenated alkanes) is 2. The van der Waals surface area contributed by atoms with Gasteiger partial charge in [0.2, 0.25) is 0 Å². The van der Waals surface area contributed by atoms with Crippen LogP contribution >= 0.6 is 0 Å². The van der Waals surface area contributed by atoms with E-state index in [0.29, 0.717) is 25.7 Å². The lowest BCUT2D eigenvalue weighted by Crippen LogP contribution is -2.23. The molecule has 0 saturated carbocycles. The molecule has 0 fully saturated rings. The summed E-state index contributed by atoms with van der Waals surface area (Å²) in [6.45, 7) is 0. The van der Waals surface area contributed by atoms with E-state index in [9.17, 15) is 29.4 Å². The molecule has 0 aromatic heterocycles. The van der Waals surface area contributed by atoms with Gasteiger partial charge in [0.15, 0.2) is 0 Å². The minimum absolute atomic E-state index is 0. The number of carboxylic acid groups (broad SMARTS) is 4. The fourth-order valence-corrected chi connectivity index (χ4v) is 1.09. The summed E-state index contributed by atoms with van der Waals surface area (Å²) in [5, 5.41) is 35.8. The van der Waals surface area contributed by atoms with Gasteiger partial charge in [-0.1, -0.05) is 0 Å². The normalized spacial score (nSPS) is 8.36. The molecule has 132 valence electrons. The highest BCUT2D eigenvalue weighted by Crippen LogP contribution is 1.98. The molecular weight excluding hydrogens is 300 g/mol. The zero-order chi connectivity index (χ0) is 16.0. The van der Waals surface area contributed by atoms with E-state index in [4.69, 9.17) is 10.2 Å². The van der Waals surface area contributed by atoms with Gasteiger partial charge < -0.3 is 42.3 Å². The Hall–Kier alpha value is -2.20. The van der Waals surface area contributed by atoms with Gasteiger partial charge >= 0.3 is 11.9 Å². The van der Waals surface area contributed by atoms with Gasteiger partial charge in [-0.05, 0) is 38.5 Å². The molecule has 0 amide bonds. The van der Waals surface area contributed by atoms with E-state index in [1.807, 2.05) is 0 Å². The maximum absolute atomic E-state index is 9.90. The minimum atomic E-state index is -1.14. The topological polar surface area (TPSA) is 228 Å². The third-order valence-corrected chi connectivity index (χ3v) is 2.04. The summed E-state index contributed by atoms with van der Waals surface area (Å²) in [7, 11) is 0. The van der Waals surface area contributed by atoms with E-state index in [1.165, 1.54) is 0 Å². The van der Waals surface area contributed by atoms with Crippen molar-refractivity contribution in [3.8, 4) is 0 Å². The lowest BCUT2D eigenvalue weighted by molar-refractivity contribution is -0.308. The number of hydrogen-bond donors (Lipinski definition) is 4. The second kappa shape index (κ2) is 18.8. The van der Waals surface area contributed by atoms with E-state index in [0.717, 1.165) is 0 Å². The molecule has 10 N–H and O–H groups in total. The van der Waals surface area contributed by atoms with Crippen molar-refractivity contribution in [2.24, 2.45) is 0 Å². The average molecular weight is 326 g/mol. The highest BCUT2D eigenvalue weighted by molar-refractivity contribution is 5.68. The summed E-state index contributed by atoms with van der Waals surface area (Å²) in [5.41, 5.74) is 0. The molecular formula is C12H26N2O8. The second-order valence-electron chi connectivity index (χ2n) is 3.95. The first kappa shape index (κ1) is 28.0. The van der Waals surface area contributed by atoms with Crippen molar-refractivity contribution in [3.63, 3.8) is 0 Å². The van der Waals surface area contributed by atoms with Crippen LogP contribution in [0.5, 0.6) is 0 Å². The van der Waals surface area contributed by atoms with Crippen LogP contribution in [0.15, 0.2) is 0 Å². The molecule has 0 aromatic carbocycles. The first-order valence-corrected chi connectivity index (χ1v) is 6.09. The van der Waals surface area contributed by atoms with Crippen LogP contribution in [0.25, 0.3) is 0 Å². The van der Waals surface area contributed by atoms with E-state index >= 15 is 0 Å². The largest absolute Gasteiger partial charge is 0.550 e. The van der Waals surface area contributed by atoms with E-state index < -0.39 is 23.9 Å². The standard InChI is InChI=1S/2C6H10O4.2H3N/c2*7-5(8)3-1-2-4-6(9)10;;/h2*1-4H2,(H,7,8)(H,9,10);2*1H3. The van der Waals surface area contributed by atoms with Gasteiger partial charge in [-0.25, -0.2) is 0 Å². The highest BCUT2D eigenvalue weighted by Gasteiger charge is 1.99. The molecule has 0 bridgehead atoms. The lowest BCUT2D eigenvalue weighted by atomic mass is 10.2. The van der Waals surface area contributed by atoms with E-state index in [2.05, 4.69) is 0 Å². The monoisotopic (exact) mass is 326 g/mol. The first-order chi connectivity index (χ1) is 9.25. The van der Waals surface area contributed by atoms with Crippen LogP contribution in [0.3, 0.4) is 0 Å². The van der Waals surface area contributed by atoms with Gasteiger partial charge in [0.25, 0.3) is 0 Å². The molecule has 10 nitrogen and oxygen atoms in total. The highest BCUT2D eigenvalue weighted by atomic mass is 16.4. The second-order valence-corrected chi connectivity index (χ2v) is 3.95. The molecule has 0 radical (unpaired) electrons. The number of rotatable bonds is 10. The number of aliphatic carboxylic acids is 4. The summed E-state index contributed by atoms with van der Waals surface area (Å²) in [6, 6.07) is 0. The average Bonchev–Trinajstić information content (AvgIpc) is 2.30. The molecule has 0 aliphatic heterocycles. The van der Waals surface area contributed by atoms with Crippen LogP contribution in [0.4, 0.5) is 0 Å². The SMILES string of the molecule is O=C(O)CCCCC(=O)O.O=C([O-])CCCCC(=O)[O-].[NH4+].[NH4+]. The Morgan fingerprint density at radius 1 is 0.591 bits per heavy atom. The van der Waals surface area contributed by atoms with Crippen LogP contribution in [0.2, 0.25) is 0 Å². The molecule has 10 heteroatoms. The number of carbonyl (C=O) groups is 4. The summed E-state index contributed by atoms with van der Waals surface area (Å²) in [5.74, 6) is -4.02. The lowest BCUT2D eigenvalue weighted by Gasteiger charge is -2.01. The predicted molar refractivity (Wildman–Crippen MR) is 74.2 cm³/mol. The van der Waals surface area contributed by atoms with Crippen LogP contribution < -0.4 is 22.5 Å². The molecule has 0 heterocycles. The van der Waals surface area contributed by atoms with Crippen molar-refractivity contribution in [2.75, 3.05) is 0 Å². The Bertz CT molecular complexity index is 269. The number of hydrogen-bond acceptors (Lipinski definition) is 6. The van der Waals surface area contributed by atoms with Crippen LogP contribution in [0.1, 0.15) is 51.4 Å². The molecule has 0 aliphatic carbocycles. The quantitative estimate of drug-likeness (QED) is 0.382. The smallest absolute Gasteiger partial charge is 0.303 e. The summed E-state index contributed by atoms with van der Waals surface area (Å²) in [6.07, 6.45) is 1.55. The van der Waals surface area contributed by atoms with Crippen LogP contribution in [-0.4, -0.2) is 34.1 Å². The maximum Gasteiger partial charge on any atom is 0.303 e. The molecule has 0 rings (SSSR count). The predicted octanol–water partition coefficient (Wildman–Crippen LogP) is -0.485. The van der Waals surface area contributed by atoms with E-state index in [1.54, 1.807) is 0 Å². The third-order valence-electron chi connectivity index (χ3n) is 2.04. The van der Waals surface area contributed by atoms with Crippen molar-refractivity contribution in [2.45, 2.75) is 51.4 Å².